The maximum absolute atomic E-state index is 6.09. The lowest BCUT2D eigenvalue weighted by Gasteiger charge is -2.10. The van der Waals surface area contributed by atoms with Gasteiger partial charge in [-0.3, -0.25) is 4.98 Å². The van der Waals surface area contributed by atoms with Crippen LogP contribution in [0.15, 0.2) is 24.4 Å². The van der Waals surface area contributed by atoms with E-state index in [1.807, 2.05) is 18.2 Å². The Hall–Kier alpha value is -1.02. The highest BCUT2D eigenvalue weighted by Crippen LogP contribution is 2.25. The minimum Gasteiger partial charge on any atom is -0.328 e. The second-order valence-corrected chi connectivity index (χ2v) is 3.73. The predicted octanol–water partition coefficient (Wildman–Crippen LogP) is 3.27. The second-order valence-electron chi connectivity index (χ2n) is 3.34. The molecule has 0 aromatic carbocycles. The molecule has 2 aromatic rings. The van der Waals surface area contributed by atoms with Crippen LogP contribution in [0.3, 0.4) is 0 Å². The van der Waals surface area contributed by atoms with Crippen LogP contribution in [0, 0.1) is 0 Å². The number of fused-ring (bicyclic) bond motifs is 1. The molecule has 0 saturated heterocycles. The van der Waals surface area contributed by atoms with Crippen LogP contribution in [0.25, 0.3) is 11.0 Å². The molecule has 68 valence electrons. The zero-order chi connectivity index (χ0) is 9.42. The van der Waals surface area contributed by atoms with Gasteiger partial charge >= 0.3 is 0 Å². The van der Waals surface area contributed by atoms with Gasteiger partial charge in [0.15, 0.2) is 0 Å². The van der Waals surface area contributed by atoms with E-state index in [4.69, 9.17) is 11.6 Å². The van der Waals surface area contributed by atoms with Crippen molar-refractivity contribution in [3.8, 4) is 0 Å². The quantitative estimate of drug-likeness (QED) is 0.682. The topological polar surface area (TPSA) is 17.8 Å². The molecule has 0 bridgehead atoms. The minimum atomic E-state index is 0.370. The third-order valence-corrected chi connectivity index (χ3v) is 2.37. The van der Waals surface area contributed by atoms with Gasteiger partial charge < -0.3 is 4.57 Å². The highest BCUT2D eigenvalue weighted by molar-refractivity contribution is 6.30. The third-order valence-electron chi connectivity index (χ3n) is 2.08. The fourth-order valence-electron chi connectivity index (χ4n) is 1.55. The zero-order valence-electron chi connectivity index (χ0n) is 7.66. The SMILES string of the molecule is CC(C)n1c(Cl)cc2ncccc21. The van der Waals surface area contributed by atoms with Crippen LogP contribution < -0.4 is 0 Å². The molecule has 0 aliphatic rings. The molecule has 0 amide bonds. The first kappa shape index (κ1) is 8.57. The van der Waals surface area contributed by atoms with E-state index in [1.54, 1.807) is 6.20 Å². The Balaban J connectivity index is 2.78. The summed E-state index contributed by atoms with van der Waals surface area (Å²) < 4.78 is 2.07. The van der Waals surface area contributed by atoms with E-state index in [9.17, 15) is 0 Å². The first-order valence-electron chi connectivity index (χ1n) is 4.31. The van der Waals surface area contributed by atoms with E-state index in [0.717, 1.165) is 16.2 Å². The van der Waals surface area contributed by atoms with Crippen LogP contribution >= 0.6 is 11.6 Å². The fraction of sp³-hybridized carbons (Fsp3) is 0.300. The van der Waals surface area contributed by atoms with Crippen molar-refractivity contribution < 1.29 is 0 Å². The van der Waals surface area contributed by atoms with Gasteiger partial charge in [0.05, 0.1) is 11.0 Å². The van der Waals surface area contributed by atoms with Crippen molar-refractivity contribution in [3.05, 3.63) is 29.5 Å². The molecule has 0 fully saturated rings. The monoisotopic (exact) mass is 194 g/mol. The molecule has 2 nitrogen and oxygen atoms in total. The van der Waals surface area contributed by atoms with Crippen molar-refractivity contribution >= 4 is 22.6 Å². The fourth-order valence-corrected chi connectivity index (χ4v) is 1.94. The van der Waals surface area contributed by atoms with Crippen molar-refractivity contribution in [3.63, 3.8) is 0 Å². The van der Waals surface area contributed by atoms with Crippen molar-refractivity contribution in [2.24, 2.45) is 0 Å². The molecule has 13 heavy (non-hydrogen) atoms. The normalized spacial score (nSPS) is 11.4. The van der Waals surface area contributed by atoms with E-state index < -0.39 is 0 Å². The van der Waals surface area contributed by atoms with Crippen molar-refractivity contribution in [1.29, 1.82) is 0 Å². The van der Waals surface area contributed by atoms with Crippen LogP contribution in [0.4, 0.5) is 0 Å². The first-order chi connectivity index (χ1) is 6.20. The lowest BCUT2D eigenvalue weighted by Crippen LogP contribution is -1.99. The number of nitrogens with zero attached hydrogens (tertiary/aromatic N) is 2. The summed E-state index contributed by atoms with van der Waals surface area (Å²) in [5.41, 5.74) is 2.06. The van der Waals surface area contributed by atoms with Crippen molar-refractivity contribution in [2.45, 2.75) is 19.9 Å². The van der Waals surface area contributed by atoms with Gasteiger partial charge in [0.1, 0.15) is 5.15 Å². The van der Waals surface area contributed by atoms with Gasteiger partial charge in [-0.05, 0) is 26.0 Å². The molecule has 2 rings (SSSR count). The predicted molar refractivity (Wildman–Crippen MR) is 55.1 cm³/mol. The maximum atomic E-state index is 6.09. The Morgan fingerprint density at radius 2 is 2.23 bits per heavy atom. The molecule has 3 heteroatoms. The Bertz CT molecular complexity index is 431. The number of hydrogen-bond donors (Lipinski definition) is 0. The Morgan fingerprint density at radius 3 is 2.92 bits per heavy atom. The highest BCUT2D eigenvalue weighted by atomic mass is 35.5. The van der Waals surface area contributed by atoms with E-state index in [2.05, 4.69) is 23.4 Å². The van der Waals surface area contributed by atoms with Gasteiger partial charge in [-0.25, -0.2) is 0 Å². The summed E-state index contributed by atoms with van der Waals surface area (Å²) in [7, 11) is 0. The number of rotatable bonds is 1. The number of pyridine rings is 1. The molecular weight excluding hydrogens is 184 g/mol. The first-order valence-corrected chi connectivity index (χ1v) is 4.69. The van der Waals surface area contributed by atoms with Crippen molar-refractivity contribution in [2.75, 3.05) is 0 Å². The summed E-state index contributed by atoms with van der Waals surface area (Å²) >= 11 is 6.09. The summed E-state index contributed by atoms with van der Waals surface area (Å²) in [6.45, 7) is 4.22. The molecular formula is C10H11ClN2. The Labute approximate surface area is 82.1 Å². The molecule has 0 N–H and O–H groups in total. The molecule has 0 spiro atoms. The van der Waals surface area contributed by atoms with Gasteiger partial charge in [-0.15, -0.1) is 0 Å². The molecule has 0 radical (unpaired) electrons. The van der Waals surface area contributed by atoms with E-state index in [-0.39, 0.29) is 0 Å². The Kier molecular flexibility index (Phi) is 2.00. The van der Waals surface area contributed by atoms with Crippen LogP contribution in [-0.2, 0) is 0 Å². The molecule has 0 aliphatic carbocycles. The van der Waals surface area contributed by atoms with Gasteiger partial charge in [0, 0.05) is 18.3 Å². The summed E-state index contributed by atoms with van der Waals surface area (Å²) in [6.07, 6.45) is 1.78. The van der Waals surface area contributed by atoms with Crippen molar-refractivity contribution in [1.82, 2.24) is 9.55 Å². The highest BCUT2D eigenvalue weighted by Gasteiger charge is 2.09. The average molecular weight is 195 g/mol. The van der Waals surface area contributed by atoms with E-state index in [0.29, 0.717) is 6.04 Å². The molecule has 2 aromatic heterocycles. The van der Waals surface area contributed by atoms with Crippen LogP contribution in [0.2, 0.25) is 5.15 Å². The van der Waals surface area contributed by atoms with Crippen LogP contribution in [0.5, 0.6) is 0 Å². The average Bonchev–Trinajstić information content (AvgIpc) is 2.39. The molecule has 0 aliphatic heterocycles. The molecule has 0 saturated carbocycles. The van der Waals surface area contributed by atoms with E-state index in [1.165, 1.54) is 0 Å². The maximum Gasteiger partial charge on any atom is 0.111 e. The summed E-state index contributed by atoms with van der Waals surface area (Å²) in [6, 6.07) is 6.23. The minimum absolute atomic E-state index is 0.370. The Morgan fingerprint density at radius 1 is 1.46 bits per heavy atom. The van der Waals surface area contributed by atoms with Crippen LogP contribution in [-0.4, -0.2) is 9.55 Å². The lowest BCUT2D eigenvalue weighted by molar-refractivity contribution is 0.623. The van der Waals surface area contributed by atoms with Gasteiger partial charge in [0.25, 0.3) is 0 Å². The van der Waals surface area contributed by atoms with Crippen LogP contribution in [0.1, 0.15) is 19.9 Å². The van der Waals surface area contributed by atoms with Gasteiger partial charge in [-0.2, -0.15) is 0 Å². The molecule has 2 heterocycles. The van der Waals surface area contributed by atoms with Gasteiger partial charge in [0.2, 0.25) is 0 Å². The van der Waals surface area contributed by atoms with Gasteiger partial charge in [-0.1, -0.05) is 11.6 Å². The molecule has 0 unspecified atom stereocenters. The number of hydrogen-bond acceptors (Lipinski definition) is 1. The number of aromatic nitrogens is 2. The largest absolute Gasteiger partial charge is 0.328 e. The second kappa shape index (κ2) is 3.04. The third kappa shape index (κ3) is 1.31. The standard InChI is InChI=1S/C10H11ClN2/c1-7(2)13-9-4-3-5-12-8(9)6-10(13)11/h3-7H,1-2H3. The lowest BCUT2D eigenvalue weighted by atomic mass is 10.3. The smallest absolute Gasteiger partial charge is 0.111 e. The van der Waals surface area contributed by atoms with E-state index >= 15 is 0 Å². The molecule has 0 atom stereocenters. The summed E-state index contributed by atoms with van der Waals surface area (Å²) in [5.74, 6) is 0. The number of halogens is 1. The zero-order valence-corrected chi connectivity index (χ0v) is 8.42. The summed E-state index contributed by atoms with van der Waals surface area (Å²) in [5, 5.41) is 0.753. The summed E-state index contributed by atoms with van der Waals surface area (Å²) in [4.78, 5) is 4.24.